The predicted octanol–water partition coefficient (Wildman–Crippen LogP) is 2.54. The summed E-state index contributed by atoms with van der Waals surface area (Å²) in [6.07, 6.45) is 5.59. The van der Waals surface area contributed by atoms with E-state index in [0.717, 1.165) is 25.7 Å². The minimum Gasteiger partial charge on any atom is -0.421 e. The van der Waals surface area contributed by atoms with Crippen molar-refractivity contribution in [2.45, 2.75) is 43.5 Å². The number of aryl methyl sites for hydroxylation is 1. The molecule has 0 amide bonds. The third kappa shape index (κ3) is 2.83. The van der Waals surface area contributed by atoms with Crippen molar-refractivity contribution >= 4 is 32.0 Å². The molecule has 1 fully saturated rings. The molecule has 2 heterocycles. The Bertz CT molecular complexity index is 1150. The molecule has 1 aliphatic rings. The van der Waals surface area contributed by atoms with Crippen LogP contribution in [0.25, 0.3) is 22.0 Å². The molecule has 138 valence electrons. The van der Waals surface area contributed by atoms with Gasteiger partial charge in [-0.05, 0) is 37.0 Å². The second-order valence-electron chi connectivity index (χ2n) is 7.09. The zero-order valence-electron chi connectivity index (χ0n) is 14.7. The zero-order chi connectivity index (χ0) is 18.5. The molecule has 0 radical (unpaired) electrons. The van der Waals surface area contributed by atoms with Gasteiger partial charge in [-0.15, -0.1) is 0 Å². The molecule has 1 aliphatic carbocycles. The van der Waals surface area contributed by atoms with Crippen molar-refractivity contribution in [2.24, 2.45) is 13.0 Å². The van der Waals surface area contributed by atoms with E-state index in [-0.39, 0.29) is 16.5 Å². The van der Waals surface area contributed by atoms with Crippen LogP contribution in [0.5, 0.6) is 0 Å². The van der Waals surface area contributed by atoms with E-state index in [4.69, 9.17) is 4.42 Å². The fraction of sp³-hybridized carbons (Fsp3) is 0.444. The first-order valence-electron chi connectivity index (χ1n) is 8.77. The molecule has 0 aliphatic heterocycles. The van der Waals surface area contributed by atoms with Crippen molar-refractivity contribution in [3.63, 3.8) is 0 Å². The number of aromatic nitrogens is 2. The van der Waals surface area contributed by atoms with Crippen molar-refractivity contribution in [1.29, 1.82) is 0 Å². The van der Waals surface area contributed by atoms with Gasteiger partial charge >= 0.3 is 5.63 Å². The lowest BCUT2D eigenvalue weighted by atomic mass is 9.87. The third-order valence-corrected chi connectivity index (χ3v) is 6.76. The number of hydrogen-bond donors (Lipinski definition) is 1. The van der Waals surface area contributed by atoms with Gasteiger partial charge in [0.1, 0.15) is 5.58 Å². The summed E-state index contributed by atoms with van der Waals surface area (Å²) in [5, 5.41) is 0.555. The minimum absolute atomic E-state index is 0.0464. The maximum Gasteiger partial charge on any atom is 0.364 e. The smallest absolute Gasteiger partial charge is 0.364 e. The average Bonchev–Trinajstić information content (AvgIpc) is 2.99. The van der Waals surface area contributed by atoms with Crippen LogP contribution in [-0.4, -0.2) is 24.0 Å². The highest BCUT2D eigenvalue weighted by molar-refractivity contribution is 7.89. The molecule has 0 spiro atoms. The average molecular weight is 375 g/mol. The van der Waals surface area contributed by atoms with E-state index in [1.54, 1.807) is 17.7 Å². The van der Waals surface area contributed by atoms with E-state index >= 15 is 0 Å². The summed E-state index contributed by atoms with van der Waals surface area (Å²) in [6, 6.07) is 4.51. The molecule has 2 atom stereocenters. The molecule has 4 rings (SSSR count). The number of rotatable bonds is 3. The van der Waals surface area contributed by atoms with Crippen LogP contribution in [0.4, 0.5) is 0 Å². The monoisotopic (exact) mass is 375 g/mol. The van der Waals surface area contributed by atoms with Crippen LogP contribution in [0, 0.1) is 5.92 Å². The van der Waals surface area contributed by atoms with Gasteiger partial charge in [0.25, 0.3) is 0 Å². The Morgan fingerprint density at radius 1 is 1.27 bits per heavy atom. The fourth-order valence-corrected chi connectivity index (χ4v) is 5.16. The van der Waals surface area contributed by atoms with E-state index in [2.05, 4.69) is 16.6 Å². The zero-order valence-corrected chi connectivity index (χ0v) is 15.5. The summed E-state index contributed by atoms with van der Waals surface area (Å²) < 4.78 is 35.6. The Balaban J connectivity index is 1.81. The summed E-state index contributed by atoms with van der Waals surface area (Å²) in [5.74, 6) is 0.320. The molecule has 1 saturated carbocycles. The van der Waals surface area contributed by atoms with Crippen molar-refractivity contribution in [3.05, 3.63) is 34.9 Å². The Morgan fingerprint density at radius 2 is 2.04 bits per heavy atom. The molecule has 1 N–H and O–H groups in total. The second-order valence-corrected chi connectivity index (χ2v) is 8.80. The lowest BCUT2D eigenvalue weighted by Crippen LogP contribution is -2.40. The van der Waals surface area contributed by atoms with Gasteiger partial charge in [-0.25, -0.2) is 22.9 Å². The molecule has 0 saturated heterocycles. The molecule has 0 bridgehead atoms. The van der Waals surface area contributed by atoms with Gasteiger partial charge in [-0.3, -0.25) is 0 Å². The molecule has 1 aromatic carbocycles. The molecular formula is C18H21N3O4S. The first-order valence-corrected chi connectivity index (χ1v) is 10.3. The fourth-order valence-electron chi connectivity index (χ4n) is 3.75. The topological polar surface area (TPSA) is 94.2 Å². The predicted molar refractivity (Wildman–Crippen MR) is 98.5 cm³/mol. The highest BCUT2D eigenvalue weighted by Crippen LogP contribution is 2.27. The molecule has 7 nitrogen and oxygen atoms in total. The Morgan fingerprint density at radius 3 is 2.81 bits per heavy atom. The molecule has 0 unspecified atom stereocenters. The number of imidazole rings is 1. The molecule has 2 aromatic heterocycles. The van der Waals surface area contributed by atoms with Gasteiger partial charge in [-0.2, -0.15) is 0 Å². The SMILES string of the molecule is C[C@H]1CCCC[C@H]1NS(=O)(=O)c1ccc2oc(=O)c3ncn(C)c3c2c1. The minimum atomic E-state index is -3.66. The third-order valence-electron chi connectivity index (χ3n) is 5.27. The molecular weight excluding hydrogens is 354 g/mol. The van der Waals surface area contributed by atoms with E-state index in [1.165, 1.54) is 18.5 Å². The van der Waals surface area contributed by atoms with Crippen molar-refractivity contribution in [2.75, 3.05) is 0 Å². The Kier molecular flexibility index (Phi) is 4.11. The summed E-state index contributed by atoms with van der Waals surface area (Å²) in [6.45, 7) is 2.08. The number of sulfonamides is 1. The number of fused-ring (bicyclic) bond motifs is 3. The van der Waals surface area contributed by atoms with Gasteiger partial charge < -0.3 is 8.98 Å². The lowest BCUT2D eigenvalue weighted by molar-refractivity contribution is 0.310. The first kappa shape index (κ1) is 17.2. The Hall–Kier alpha value is -2.19. The van der Waals surface area contributed by atoms with Crippen LogP contribution < -0.4 is 10.3 Å². The summed E-state index contributed by atoms with van der Waals surface area (Å²) in [5.41, 5.74) is 0.580. The van der Waals surface area contributed by atoms with Crippen LogP contribution >= 0.6 is 0 Å². The molecule has 26 heavy (non-hydrogen) atoms. The number of nitrogens with one attached hydrogen (secondary N) is 1. The largest absolute Gasteiger partial charge is 0.421 e. The van der Waals surface area contributed by atoms with Gasteiger partial charge in [0, 0.05) is 18.5 Å². The van der Waals surface area contributed by atoms with Crippen LogP contribution in [0.3, 0.4) is 0 Å². The van der Waals surface area contributed by atoms with Gasteiger partial charge in [-0.1, -0.05) is 19.8 Å². The standard InChI is InChI=1S/C18H21N3O4S/c1-11-5-3-4-6-14(11)20-26(23,24)12-7-8-15-13(9-12)17-16(18(22)25-15)19-10-21(17)2/h7-11,14,20H,3-6H2,1-2H3/t11-,14+/m0/s1. The van der Waals surface area contributed by atoms with Gasteiger partial charge in [0.15, 0.2) is 5.52 Å². The lowest BCUT2D eigenvalue weighted by Gasteiger charge is -2.29. The van der Waals surface area contributed by atoms with Crippen molar-refractivity contribution in [1.82, 2.24) is 14.3 Å². The number of hydrogen-bond acceptors (Lipinski definition) is 5. The maximum absolute atomic E-state index is 12.9. The van der Waals surface area contributed by atoms with E-state index in [1.807, 2.05) is 0 Å². The highest BCUT2D eigenvalue weighted by Gasteiger charge is 2.27. The first-order chi connectivity index (χ1) is 12.4. The highest BCUT2D eigenvalue weighted by atomic mass is 32.2. The normalized spacial score (nSPS) is 21.5. The van der Waals surface area contributed by atoms with Crippen LogP contribution in [-0.2, 0) is 17.1 Å². The second kappa shape index (κ2) is 6.21. The molecule has 3 aromatic rings. The van der Waals surface area contributed by atoms with E-state index in [0.29, 0.717) is 22.4 Å². The summed E-state index contributed by atoms with van der Waals surface area (Å²) in [7, 11) is -1.90. The quantitative estimate of drug-likeness (QED) is 0.710. The van der Waals surface area contributed by atoms with Crippen molar-refractivity contribution in [3.8, 4) is 0 Å². The Labute approximate surface area is 151 Å². The summed E-state index contributed by atoms with van der Waals surface area (Å²) >= 11 is 0. The summed E-state index contributed by atoms with van der Waals surface area (Å²) in [4.78, 5) is 16.2. The molecule has 8 heteroatoms. The van der Waals surface area contributed by atoms with E-state index < -0.39 is 15.6 Å². The van der Waals surface area contributed by atoms with Gasteiger partial charge in [0.05, 0.1) is 16.7 Å². The van der Waals surface area contributed by atoms with Crippen LogP contribution in [0.15, 0.2) is 38.6 Å². The van der Waals surface area contributed by atoms with Crippen LogP contribution in [0.1, 0.15) is 32.6 Å². The number of nitrogens with zero attached hydrogens (tertiary/aromatic N) is 2. The van der Waals surface area contributed by atoms with Crippen LogP contribution in [0.2, 0.25) is 0 Å². The van der Waals surface area contributed by atoms with Crippen molar-refractivity contribution < 1.29 is 12.8 Å². The van der Waals surface area contributed by atoms with E-state index in [9.17, 15) is 13.2 Å². The van der Waals surface area contributed by atoms with Gasteiger partial charge in [0.2, 0.25) is 10.0 Å². The number of benzene rings is 1. The maximum atomic E-state index is 12.9.